The highest BCUT2D eigenvalue weighted by atomic mass is 19.1. The molecule has 1 aliphatic carbocycles. The molecule has 1 fully saturated rings. The Labute approximate surface area is 203 Å². The van der Waals surface area contributed by atoms with Crippen molar-refractivity contribution in [3.05, 3.63) is 65.6 Å². The Morgan fingerprint density at radius 3 is 2.51 bits per heavy atom. The number of carbonyl (C=O) groups is 3. The average Bonchev–Trinajstić information content (AvgIpc) is 3.43. The minimum absolute atomic E-state index is 0.0971. The van der Waals surface area contributed by atoms with E-state index in [1.807, 2.05) is 30.3 Å². The van der Waals surface area contributed by atoms with Gasteiger partial charge in [0.1, 0.15) is 17.1 Å². The lowest BCUT2D eigenvalue weighted by Crippen LogP contribution is -2.64. The van der Waals surface area contributed by atoms with E-state index in [9.17, 15) is 18.8 Å². The summed E-state index contributed by atoms with van der Waals surface area (Å²) in [4.78, 5) is 41.5. The van der Waals surface area contributed by atoms with E-state index >= 15 is 0 Å². The fraction of sp³-hybridized carbons (Fsp3) is 0.370. The fourth-order valence-electron chi connectivity index (χ4n) is 5.38. The van der Waals surface area contributed by atoms with Crippen LogP contribution in [0.4, 0.5) is 10.1 Å². The SMILES string of the molecule is CC(=O)Nc1c2n(c3ccc(F)cc13)C[C@@](C)(C(=O)NC1CCCC1)N(Cc1ccccc1)C2=O. The third-order valence-corrected chi connectivity index (χ3v) is 7.20. The number of amides is 3. The molecule has 2 N–H and O–H groups in total. The Bertz CT molecular complexity index is 1310. The summed E-state index contributed by atoms with van der Waals surface area (Å²) < 4.78 is 16.0. The molecule has 0 saturated heterocycles. The number of nitrogens with one attached hydrogen (secondary N) is 2. The first-order chi connectivity index (χ1) is 16.8. The van der Waals surface area contributed by atoms with Crippen LogP contribution < -0.4 is 10.6 Å². The number of hydrogen-bond donors (Lipinski definition) is 2. The first-order valence-electron chi connectivity index (χ1n) is 12.0. The Morgan fingerprint density at radius 1 is 1.11 bits per heavy atom. The maximum atomic E-state index is 14.2. The van der Waals surface area contributed by atoms with E-state index in [4.69, 9.17) is 0 Å². The summed E-state index contributed by atoms with van der Waals surface area (Å²) in [5, 5.41) is 6.35. The predicted molar refractivity (Wildman–Crippen MR) is 131 cm³/mol. The minimum Gasteiger partial charge on any atom is -0.351 e. The second-order valence-electron chi connectivity index (χ2n) is 9.76. The topological polar surface area (TPSA) is 83.4 Å². The van der Waals surface area contributed by atoms with Gasteiger partial charge >= 0.3 is 0 Å². The van der Waals surface area contributed by atoms with Crippen LogP contribution in [-0.2, 0) is 22.7 Å². The highest BCUT2D eigenvalue weighted by molar-refractivity contribution is 6.14. The third kappa shape index (κ3) is 4.07. The van der Waals surface area contributed by atoms with E-state index in [-0.39, 0.29) is 48.2 Å². The number of fused-ring (bicyclic) bond motifs is 3. The van der Waals surface area contributed by atoms with E-state index in [2.05, 4.69) is 10.6 Å². The lowest BCUT2D eigenvalue weighted by molar-refractivity contribution is -0.133. The van der Waals surface area contributed by atoms with Crippen molar-refractivity contribution in [2.75, 3.05) is 5.32 Å². The van der Waals surface area contributed by atoms with E-state index in [1.54, 1.807) is 22.5 Å². The molecule has 3 aromatic rings. The van der Waals surface area contributed by atoms with Crippen molar-refractivity contribution in [1.29, 1.82) is 0 Å². The van der Waals surface area contributed by atoms with Gasteiger partial charge in [-0.15, -0.1) is 0 Å². The first kappa shape index (κ1) is 23.1. The van der Waals surface area contributed by atoms with Crippen molar-refractivity contribution in [2.45, 2.75) is 64.2 Å². The van der Waals surface area contributed by atoms with Gasteiger partial charge in [-0.05, 0) is 43.5 Å². The van der Waals surface area contributed by atoms with Crippen molar-refractivity contribution in [1.82, 2.24) is 14.8 Å². The molecule has 0 spiro atoms. The van der Waals surface area contributed by atoms with Gasteiger partial charge in [-0.3, -0.25) is 14.4 Å². The minimum atomic E-state index is -1.18. The number of nitrogens with zero attached hydrogens (tertiary/aromatic N) is 2. The van der Waals surface area contributed by atoms with Crippen LogP contribution in [0, 0.1) is 5.82 Å². The van der Waals surface area contributed by atoms with Crippen LogP contribution in [0.1, 0.15) is 55.6 Å². The smallest absolute Gasteiger partial charge is 0.273 e. The second-order valence-corrected chi connectivity index (χ2v) is 9.76. The highest BCUT2D eigenvalue weighted by Gasteiger charge is 2.49. The molecule has 2 heterocycles. The van der Waals surface area contributed by atoms with Crippen LogP contribution in [-0.4, -0.2) is 38.8 Å². The molecule has 1 atom stereocenters. The van der Waals surface area contributed by atoms with Crippen LogP contribution in [0.2, 0.25) is 0 Å². The van der Waals surface area contributed by atoms with Gasteiger partial charge in [0.05, 0.1) is 17.7 Å². The molecule has 35 heavy (non-hydrogen) atoms. The van der Waals surface area contributed by atoms with Gasteiger partial charge in [-0.25, -0.2) is 4.39 Å². The maximum absolute atomic E-state index is 14.2. The number of benzene rings is 2. The molecular weight excluding hydrogens is 447 g/mol. The standard InChI is InChI=1S/C27H29FN4O3/c1-17(33)29-23-21-14-19(28)12-13-22(21)31-16-27(2,26(35)30-20-10-6-7-11-20)32(25(34)24(23)31)15-18-8-4-3-5-9-18/h3-5,8-9,12-14,20H,6-7,10-11,15-16H2,1-2H3,(H,29,33)(H,30,35)/t27-/m0/s1. The summed E-state index contributed by atoms with van der Waals surface area (Å²) in [6.07, 6.45) is 4.01. The second kappa shape index (κ2) is 8.83. The summed E-state index contributed by atoms with van der Waals surface area (Å²) in [6.45, 7) is 3.54. The molecule has 1 aromatic heterocycles. The Kier molecular flexibility index (Phi) is 5.83. The van der Waals surface area contributed by atoms with Crippen molar-refractivity contribution >= 4 is 34.3 Å². The van der Waals surface area contributed by atoms with Crippen LogP contribution in [0.25, 0.3) is 10.9 Å². The average molecular weight is 477 g/mol. The Morgan fingerprint density at radius 2 is 1.83 bits per heavy atom. The van der Waals surface area contributed by atoms with Crippen molar-refractivity contribution < 1.29 is 18.8 Å². The number of carbonyl (C=O) groups excluding carboxylic acids is 3. The van der Waals surface area contributed by atoms with Crippen LogP contribution >= 0.6 is 0 Å². The zero-order valence-electron chi connectivity index (χ0n) is 19.9. The lowest BCUT2D eigenvalue weighted by atomic mass is 9.93. The van der Waals surface area contributed by atoms with E-state index in [0.29, 0.717) is 10.9 Å². The number of halogens is 1. The highest BCUT2D eigenvalue weighted by Crippen LogP contribution is 2.40. The first-order valence-corrected chi connectivity index (χ1v) is 12.0. The van der Waals surface area contributed by atoms with Crippen LogP contribution in [0.5, 0.6) is 0 Å². The summed E-state index contributed by atoms with van der Waals surface area (Å²) in [6, 6.07) is 13.8. The molecule has 2 aromatic carbocycles. The molecule has 3 amide bonds. The summed E-state index contributed by atoms with van der Waals surface area (Å²) in [5.74, 6) is -1.42. The van der Waals surface area contributed by atoms with Gasteiger partial charge in [-0.2, -0.15) is 0 Å². The van der Waals surface area contributed by atoms with E-state index < -0.39 is 11.4 Å². The van der Waals surface area contributed by atoms with Gasteiger partial charge in [0.2, 0.25) is 11.8 Å². The molecule has 7 nitrogen and oxygen atoms in total. The van der Waals surface area contributed by atoms with Gasteiger partial charge in [0.15, 0.2) is 0 Å². The molecule has 182 valence electrons. The molecule has 0 unspecified atom stereocenters. The lowest BCUT2D eigenvalue weighted by Gasteiger charge is -2.44. The number of hydrogen-bond acceptors (Lipinski definition) is 3. The van der Waals surface area contributed by atoms with Crippen molar-refractivity contribution in [3.63, 3.8) is 0 Å². The van der Waals surface area contributed by atoms with Gasteiger partial charge in [0, 0.05) is 24.9 Å². The molecule has 5 rings (SSSR count). The molecule has 2 aliphatic rings. The summed E-state index contributed by atoms with van der Waals surface area (Å²) in [5.41, 5.74) is 0.822. The monoisotopic (exact) mass is 476 g/mol. The quantitative estimate of drug-likeness (QED) is 0.579. The number of anilines is 1. The van der Waals surface area contributed by atoms with Gasteiger partial charge in [0.25, 0.3) is 5.91 Å². The molecule has 0 bridgehead atoms. The Balaban J connectivity index is 1.66. The number of rotatable bonds is 5. The van der Waals surface area contributed by atoms with Gasteiger partial charge in [-0.1, -0.05) is 43.2 Å². The van der Waals surface area contributed by atoms with E-state index in [1.165, 1.54) is 19.1 Å². The third-order valence-electron chi connectivity index (χ3n) is 7.20. The zero-order chi connectivity index (χ0) is 24.7. The largest absolute Gasteiger partial charge is 0.351 e. The van der Waals surface area contributed by atoms with Crippen molar-refractivity contribution in [2.24, 2.45) is 0 Å². The zero-order valence-corrected chi connectivity index (χ0v) is 19.9. The Hall–Kier alpha value is -3.68. The number of aromatic nitrogens is 1. The summed E-state index contributed by atoms with van der Waals surface area (Å²) >= 11 is 0. The van der Waals surface area contributed by atoms with Gasteiger partial charge < -0.3 is 20.1 Å². The van der Waals surface area contributed by atoms with E-state index in [0.717, 1.165) is 31.2 Å². The van der Waals surface area contributed by atoms with Crippen LogP contribution in [0.15, 0.2) is 48.5 Å². The normalized spacial score (nSPS) is 20.2. The predicted octanol–water partition coefficient (Wildman–Crippen LogP) is 4.21. The molecule has 0 radical (unpaired) electrons. The maximum Gasteiger partial charge on any atom is 0.273 e. The summed E-state index contributed by atoms with van der Waals surface area (Å²) in [7, 11) is 0. The van der Waals surface area contributed by atoms with Crippen molar-refractivity contribution in [3.8, 4) is 0 Å². The molecule has 1 saturated carbocycles. The van der Waals surface area contributed by atoms with Crippen LogP contribution in [0.3, 0.4) is 0 Å². The molecular formula is C27H29FN4O3. The fourth-order valence-corrected chi connectivity index (χ4v) is 5.38. The molecule has 8 heteroatoms. The molecule has 1 aliphatic heterocycles.